The lowest BCUT2D eigenvalue weighted by atomic mass is 9.90. The number of nitrogens with zero attached hydrogens (tertiary/aromatic N) is 2. The zero-order valence-electron chi connectivity index (χ0n) is 28.5. The van der Waals surface area contributed by atoms with E-state index in [0.717, 1.165) is 5.56 Å². The molecule has 1 unspecified atom stereocenters. The number of hydrogen-bond donors (Lipinski definition) is 9. The lowest BCUT2D eigenvalue weighted by Crippen LogP contribution is -2.59. The maximum atomic E-state index is 13.2. The maximum absolute atomic E-state index is 13.2. The fraction of sp³-hybridized carbons (Fsp3) is 0.581. The second-order valence-electron chi connectivity index (χ2n) is 11.9. The predicted molar refractivity (Wildman–Crippen MR) is 178 cm³/mol. The van der Waals surface area contributed by atoms with Crippen LogP contribution in [0.1, 0.15) is 54.9 Å². The molecule has 21 heteroatoms. The van der Waals surface area contributed by atoms with E-state index >= 15 is 0 Å². The standard InChI is InChI=1S/C29H45N9O7.C2HF3O2/c1-2-44-26(42)20-7-5-18(6-8-20)11-15-45-29(43)36-22(16-19-9-13-37(14-10-19)27(30)31)24(40)34-17-23(39)35-21-4-3-12-38(25(21)41)28(32)33;3-2(4,5)1(6)7/h5-8,19,21-22,25,41H,2-4,9-17H2,1H3,(H3,30,31)(H3,32,33)(H,34,40)(H,35,39)(H,36,43);(H,6,7)/t21-,22+,25?;/m0./s1. The summed E-state index contributed by atoms with van der Waals surface area (Å²) in [4.78, 5) is 62.3. The van der Waals surface area contributed by atoms with E-state index in [4.69, 9.17) is 41.7 Å². The van der Waals surface area contributed by atoms with Crippen molar-refractivity contribution in [2.24, 2.45) is 17.4 Å². The molecule has 2 aliphatic heterocycles. The van der Waals surface area contributed by atoms with Crippen LogP contribution in [0.2, 0.25) is 0 Å². The summed E-state index contributed by atoms with van der Waals surface area (Å²) in [5.74, 6) is -4.54. The van der Waals surface area contributed by atoms with Crippen LogP contribution >= 0.6 is 0 Å². The van der Waals surface area contributed by atoms with E-state index in [1.165, 1.54) is 4.90 Å². The first-order valence-corrected chi connectivity index (χ1v) is 16.4. The molecule has 1 aromatic rings. The molecule has 2 saturated heterocycles. The smallest absolute Gasteiger partial charge is 0.475 e. The van der Waals surface area contributed by atoms with Gasteiger partial charge in [0.1, 0.15) is 12.3 Å². The number of piperidine rings is 2. The molecule has 0 aromatic heterocycles. The number of nitrogens with one attached hydrogen (secondary N) is 5. The first-order valence-electron chi connectivity index (χ1n) is 16.4. The Bertz CT molecular complexity index is 1410. The van der Waals surface area contributed by atoms with Gasteiger partial charge in [-0.15, -0.1) is 0 Å². The quantitative estimate of drug-likeness (QED) is 0.0777. The number of hydrogen-bond acceptors (Lipinski definition) is 10. The zero-order valence-corrected chi connectivity index (χ0v) is 28.5. The number of halogens is 3. The van der Waals surface area contributed by atoms with Gasteiger partial charge in [0.05, 0.1) is 31.4 Å². The van der Waals surface area contributed by atoms with Crippen LogP contribution in [-0.4, -0.2) is 126 Å². The van der Waals surface area contributed by atoms with Crippen molar-refractivity contribution in [3.63, 3.8) is 0 Å². The molecule has 2 aliphatic rings. The Kier molecular flexibility index (Phi) is 16.9. The summed E-state index contributed by atoms with van der Waals surface area (Å²) >= 11 is 0. The molecular formula is C31H46F3N9O9. The van der Waals surface area contributed by atoms with Crippen LogP contribution in [0, 0.1) is 16.7 Å². The van der Waals surface area contributed by atoms with Crippen molar-refractivity contribution in [2.75, 3.05) is 39.4 Å². The number of carboxylic acid groups (broad SMARTS) is 1. The molecule has 0 saturated carbocycles. The number of alkyl carbamates (subject to hydrolysis) is 1. The minimum atomic E-state index is -5.08. The van der Waals surface area contributed by atoms with Crippen LogP contribution in [0.4, 0.5) is 18.0 Å². The highest BCUT2D eigenvalue weighted by atomic mass is 19.4. The number of carboxylic acids is 1. The molecule has 0 radical (unpaired) electrons. The molecule has 2 heterocycles. The number of likely N-dealkylation sites (tertiary alicyclic amines) is 2. The third-order valence-electron chi connectivity index (χ3n) is 8.14. The summed E-state index contributed by atoms with van der Waals surface area (Å²) in [6.45, 7) is 3.15. The second-order valence-corrected chi connectivity index (χ2v) is 11.9. The van der Waals surface area contributed by atoms with Crippen molar-refractivity contribution >= 4 is 41.8 Å². The number of benzene rings is 1. The number of aliphatic hydroxyl groups excluding tert-OH is 1. The lowest BCUT2D eigenvalue weighted by molar-refractivity contribution is -0.192. The Morgan fingerprint density at radius 1 is 1.00 bits per heavy atom. The van der Waals surface area contributed by atoms with Crippen molar-refractivity contribution < 1.29 is 56.8 Å². The number of aliphatic hydroxyl groups is 1. The van der Waals surface area contributed by atoms with Crippen molar-refractivity contribution in [1.29, 1.82) is 10.8 Å². The molecule has 0 aliphatic carbocycles. The number of amides is 3. The number of nitrogens with two attached hydrogens (primary N) is 2. The van der Waals surface area contributed by atoms with Crippen molar-refractivity contribution in [1.82, 2.24) is 25.8 Å². The van der Waals surface area contributed by atoms with Gasteiger partial charge in [-0.2, -0.15) is 13.2 Å². The number of guanidine groups is 2. The third-order valence-corrected chi connectivity index (χ3v) is 8.14. The van der Waals surface area contributed by atoms with E-state index in [0.29, 0.717) is 63.7 Å². The van der Waals surface area contributed by atoms with Gasteiger partial charge >= 0.3 is 24.2 Å². The topological polar surface area (TPSA) is 287 Å². The first-order chi connectivity index (χ1) is 24.4. The Labute approximate surface area is 297 Å². The van der Waals surface area contributed by atoms with E-state index in [2.05, 4.69) is 16.0 Å². The van der Waals surface area contributed by atoms with Crippen LogP contribution < -0.4 is 27.4 Å². The fourth-order valence-corrected chi connectivity index (χ4v) is 5.38. The van der Waals surface area contributed by atoms with Crippen LogP contribution in [0.5, 0.6) is 0 Å². The number of carbonyl (C=O) groups excluding carboxylic acids is 4. The highest BCUT2D eigenvalue weighted by Crippen LogP contribution is 2.22. The van der Waals surface area contributed by atoms with E-state index in [1.807, 2.05) is 0 Å². The van der Waals surface area contributed by atoms with E-state index in [9.17, 15) is 37.5 Å². The predicted octanol–water partition coefficient (Wildman–Crippen LogP) is 0.0381. The Hall–Kier alpha value is -5.34. The largest absolute Gasteiger partial charge is 0.490 e. The molecule has 1 aromatic carbocycles. The van der Waals surface area contributed by atoms with Crippen molar-refractivity contribution in [3.8, 4) is 0 Å². The first kappa shape index (κ1) is 42.8. The Morgan fingerprint density at radius 2 is 1.62 bits per heavy atom. The van der Waals surface area contributed by atoms with Crippen LogP contribution in [0.3, 0.4) is 0 Å². The average Bonchev–Trinajstić information content (AvgIpc) is 3.08. The third kappa shape index (κ3) is 14.5. The maximum Gasteiger partial charge on any atom is 0.490 e. The molecule has 0 spiro atoms. The number of aliphatic carboxylic acids is 1. The minimum Gasteiger partial charge on any atom is -0.475 e. The average molecular weight is 746 g/mol. The number of alkyl halides is 3. The van der Waals surface area contributed by atoms with Gasteiger partial charge in [-0.05, 0) is 62.6 Å². The van der Waals surface area contributed by atoms with Crippen molar-refractivity contribution in [2.45, 2.75) is 69.9 Å². The van der Waals surface area contributed by atoms with Gasteiger partial charge in [-0.1, -0.05) is 12.1 Å². The van der Waals surface area contributed by atoms with Crippen LogP contribution in [0.15, 0.2) is 24.3 Å². The van der Waals surface area contributed by atoms with E-state index in [1.54, 1.807) is 36.1 Å². The zero-order chi connectivity index (χ0) is 39.0. The van der Waals surface area contributed by atoms with Crippen LogP contribution in [-0.2, 0) is 30.3 Å². The molecule has 3 atom stereocenters. The van der Waals surface area contributed by atoms with Crippen LogP contribution in [0.25, 0.3) is 0 Å². The van der Waals surface area contributed by atoms with Crippen molar-refractivity contribution in [3.05, 3.63) is 35.4 Å². The Morgan fingerprint density at radius 3 is 2.15 bits per heavy atom. The number of esters is 1. The normalized spacial score (nSPS) is 18.1. The molecule has 52 heavy (non-hydrogen) atoms. The summed E-state index contributed by atoms with van der Waals surface area (Å²) in [6.07, 6.45) is -3.94. The molecule has 18 nitrogen and oxygen atoms in total. The highest BCUT2D eigenvalue weighted by molar-refractivity contribution is 5.90. The summed E-state index contributed by atoms with van der Waals surface area (Å²) in [5.41, 5.74) is 12.4. The van der Waals surface area contributed by atoms with Gasteiger partial charge in [0.25, 0.3) is 0 Å². The summed E-state index contributed by atoms with van der Waals surface area (Å²) in [7, 11) is 0. The molecule has 3 amide bonds. The summed E-state index contributed by atoms with van der Waals surface area (Å²) < 4.78 is 42.0. The number of rotatable bonds is 12. The summed E-state index contributed by atoms with van der Waals surface area (Å²) in [6, 6.07) is 5.10. The van der Waals surface area contributed by atoms with Gasteiger partial charge in [0, 0.05) is 26.1 Å². The highest BCUT2D eigenvalue weighted by Gasteiger charge is 2.38. The lowest BCUT2D eigenvalue weighted by Gasteiger charge is -2.38. The fourth-order valence-electron chi connectivity index (χ4n) is 5.38. The Balaban J connectivity index is 0.00000121. The minimum absolute atomic E-state index is 0.0134. The molecule has 290 valence electrons. The SMILES string of the molecule is CCOC(=O)c1ccc(CCOC(=O)N[C@H](CC2CCN(C(=N)N)CC2)C(=O)NCC(=O)N[C@H]2CCCN(C(=N)N)C2O)cc1.O=C(O)C(F)(F)F. The molecule has 0 bridgehead atoms. The van der Waals surface area contributed by atoms with Gasteiger partial charge in [-0.25, -0.2) is 14.4 Å². The van der Waals surface area contributed by atoms with E-state index in [-0.39, 0.29) is 37.6 Å². The molecule has 3 rings (SSSR count). The summed E-state index contributed by atoms with van der Waals surface area (Å²) in [5, 5.41) is 40.6. The molecule has 11 N–H and O–H groups in total. The van der Waals surface area contributed by atoms with Gasteiger partial charge in [0.2, 0.25) is 11.8 Å². The number of carbonyl (C=O) groups is 5. The van der Waals surface area contributed by atoms with Gasteiger partial charge < -0.3 is 56.9 Å². The second kappa shape index (κ2) is 20.5. The van der Waals surface area contributed by atoms with E-state index < -0.39 is 54.3 Å². The molecular weight excluding hydrogens is 699 g/mol. The molecule has 2 fully saturated rings. The van der Waals surface area contributed by atoms with Gasteiger partial charge in [-0.3, -0.25) is 20.4 Å². The van der Waals surface area contributed by atoms with Gasteiger partial charge in [0.15, 0.2) is 11.9 Å². The monoisotopic (exact) mass is 745 g/mol. The number of ether oxygens (including phenoxy) is 2.